The molecule has 0 spiro atoms. The fourth-order valence-corrected chi connectivity index (χ4v) is 12.4. The van der Waals surface area contributed by atoms with Gasteiger partial charge in [-0.2, -0.15) is 0 Å². The van der Waals surface area contributed by atoms with Crippen LogP contribution < -0.4 is 18.9 Å². The van der Waals surface area contributed by atoms with Crippen molar-refractivity contribution in [3.05, 3.63) is 95.1 Å². The largest absolute Gasteiger partial charge is 0.496 e. The van der Waals surface area contributed by atoms with Crippen LogP contribution in [0, 0.1) is 0 Å². The number of ether oxygens (including phenoxy) is 4. The van der Waals surface area contributed by atoms with Gasteiger partial charge in [-0.3, -0.25) is 0 Å². The van der Waals surface area contributed by atoms with Crippen molar-refractivity contribution in [2.45, 2.75) is 24.6 Å². The van der Waals surface area contributed by atoms with Crippen molar-refractivity contribution < 1.29 is 18.9 Å². The summed E-state index contributed by atoms with van der Waals surface area (Å²) in [4.78, 5) is 0. The number of fused-ring (bicyclic) bond motifs is 6. The Kier molecular flexibility index (Phi) is 8.01. The molecule has 6 heteroatoms. The van der Waals surface area contributed by atoms with Crippen molar-refractivity contribution in [3.8, 4) is 45.3 Å². The minimum Gasteiger partial charge on any atom is -0.496 e. The zero-order valence-corrected chi connectivity index (χ0v) is 25.5. The normalized spacial score (nSPS) is 14.6. The Morgan fingerprint density at radius 2 is 0.675 bits per heavy atom. The molecule has 4 aromatic rings. The zero-order chi connectivity index (χ0) is 27.6. The van der Waals surface area contributed by atoms with E-state index < -0.39 is 0 Å². The van der Waals surface area contributed by atoms with E-state index in [0.29, 0.717) is 0 Å². The Morgan fingerprint density at radius 1 is 0.425 bits per heavy atom. The van der Waals surface area contributed by atoms with E-state index in [4.69, 9.17) is 18.9 Å². The SMILES string of the molecule is COc1cccc2c1-c1c(cccc1OC)CP(CCP1Cc3cccc(OC)c3-c3c(cccc3OC)C1)C2. The summed E-state index contributed by atoms with van der Waals surface area (Å²) in [5, 5.41) is 0. The molecule has 40 heavy (non-hydrogen) atoms. The number of benzene rings is 4. The number of hydrogen-bond donors (Lipinski definition) is 0. The molecule has 2 aliphatic rings. The summed E-state index contributed by atoms with van der Waals surface area (Å²) in [6.45, 7) is 0. The molecule has 2 heterocycles. The molecule has 0 N–H and O–H groups in total. The summed E-state index contributed by atoms with van der Waals surface area (Å²) in [5.74, 6) is 3.74. The van der Waals surface area contributed by atoms with Gasteiger partial charge in [-0.15, -0.1) is 0 Å². The van der Waals surface area contributed by atoms with Crippen LogP contribution in [0.3, 0.4) is 0 Å². The van der Waals surface area contributed by atoms with Crippen molar-refractivity contribution in [1.82, 2.24) is 0 Å². The van der Waals surface area contributed by atoms with Gasteiger partial charge in [-0.05, 0) is 83.5 Å². The molecule has 0 saturated heterocycles. The lowest BCUT2D eigenvalue weighted by Gasteiger charge is -2.22. The van der Waals surface area contributed by atoms with Crippen LogP contribution in [0.5, 0.6) is 23.0 Å². The van der Waals surface area contributed by atoms with Gasteiger partial charge in [0.1, 0.15) is 23.0 Å². The zero-order valence-electron chi connectivity index (χ0n) is 23.7. The Morgan fingerprint density at radius 3 is 0.900 bits per heavy atom. The highest BCUT2D eigenvalue weighted by Gasteiger charge is 2.29. The summed E-state index contributed by atoms with van der Waals surface area (Å²) < 4.78 is 23.5. The maximum absolute atomic E-state index is 5.87. The molecule has 0 radical (unpaired) electrons. The smallest absolute Gasteiger partial charge is 0.127 e. The molecule has 2 aliphatic heterocycles. The van der Waals surface area contributed by atoms with Crippen LogP contribution >= 0.6 is 15.8 Å². The van der Waals surface area contributed by atoms with Crippen LogP contribution in [-0.4, -0.2) is 40.8 Å². The molecule has 4 aromatic carbocycles. The Labute approximate surface area is 240 Å². The van der Waals surface area contributed by atoms with E-state index in [0.717, 1.165) is 47.6 Å². The van der Waals surface area contributed by atoms with Gasteiger partial charge >= 0.3 is 0 Å². The quantitative estimate of drug-likeness (QED) is 0.208. The highest BCUT2D eigenvalue weighted by Crippen LogP contribution is 2.58. The second kappa shape index (κ2) is 11.8. The van der Waals surface area contributed by atoms with Crippen molar-refractivity contribution in [1.29, 1.82) is 0 Å². The molecular weight excluding hydrogens is 534 g/mol. The van der Waals surface area contributed by atoms with E-state index in [1.54, 1.807) is 28.4 Å². The Balaban J connectivity index is 1.33. The standard InChI is InChI=1S/C34H36O4P2/c1-35-27-13-5-9-23-19-39(20-24-10-6-14-28(36-2)32(24)31(23)27)17-18-40-21-25-11-7-15-29(37-3)33(25)34-26(22-40)12-8-16-30(34)38-4/h5-16H,17-22H2,1-4H3. The summed E-state index contributed by atoms with van der Waals surface area (Å²) in [6, 6.07) is 26.0. The Hall–Kier alpha value is -3.06. The third-order valence-corrected chi connectivity index (χ3v) is 13.4. The number of methoxy groups -OCH3 is 4. The molecule has 0 aromatic heterocycles. The van der Waals surface area contributed by atoms with Crippen LogP contribution in [0.15, 0.2) is 72.8 Å². The fraction of sp³-hybridized carbons (Fsp3) is 0.294. The van der Waals surface area contributed by atoms with E-state index in [1.165, 1.54) is 56.8 Å². The molecule has 0 aliphatic carbocycles. The van der Waals surface area contributed by atoms with Crippen LogP contribution in [0.4, 0.5) is 0 Å². The number of hydrogen-bond acceptors (Lipinski definition) is 4. The summed E-state index contributed by atoms with van der Waals surface area (Å²) in [5.41, 5.74) is 10.4. The molecule has 0 bridgehead atoms. The second-order valence-electron chi connectivity index (χ2n) is 10.4. The van der Waals surface area contributed by atoms with Gasteiger partial charge in [0.2, 0.25) is 0 Å². The molecule has 206 valence electrons. The second-order valence-corrected chi connectivity index (χ2v) is 15.2. The topological polar surface area (TPSA) is 36.9 Å². The monoisotopic (exact) mass is 570 g/mol. The lowest BCUT2D eigenvalue weighted by atomic mass is 9.95. The van der Waals surface area contributed by atoms with E-state index in [-0.39, 0.29) is 15.8 Å². The van der Waals surface area contributed by atoms with Crippen molar-refractivity contribution >= 4 is 15.8 Å². The molecule has 0 saturated carbocycles. The first kappa shape index (κ1) is 27.1. The maximum atomic E-state index is 5.87. The highest BCUT2D eigenvalue weighted by molar-refractivity contribution is 7.60. The molecule has 0 fully saturated rings. The van der Waals surface area contributed by atoms with Crippen LogP contribution in [0.2, 0.25) is 0 Å². The first-order valence-corrected chi connectivity index (χ1v) is 17.5. The van der Waals surface area contributed by atoms with E-state index in [9.17, 15) is 0 Å². The van der Waals surface area contributed by atoms with Gasteiger partial charge in [0.25, 0.3) is 0 Å². The average Bonchev–Trinajstić information content (AvgIpc) is 3.27. The predicted octanol–water partition coefficient (Wildman–Crippen LogP) is 8.75. The first-order valence-electron chi connectivity index (χ1n) is 13.7. The fourth-order valence-electron chi connectivity index (χ4n) is 6.32. The van der Waals surface area contributed by atoms with E-state index >= 15 is 0 Å². The van der Waals surface area contributed by atoms with Crippen molar-refractivity contribution in [2.24, 2.45) is 0 Å². The molecule has 0 atom stereocenters. The third kappa shape index (κ3) is 4.98. The Bertz CT molecular complexity index is 1310. The highest BCUT2D eigenvalue weighted by atomic mass is 31.1. The molecule has 0 unspecified atom stereocenters. The summed E-state index contributed by atoms with van der Waals surface area (Å²) >= 11 is 0. The molecule has 4 nitrogen and oxygen atoms in total. The summed E-state index contributed by atoms with van der Waals surface area (Å²) in [6.07, 6.45) is 6.95. The van der Waals surface area contributed by atoms with Gasteiger partial charge < -0.3 is 18.9 Å². The number of rotatable bonds is 7. The van der Waals surface area contributed by atoms with Gasteiger partial charge in [-0.1, -0.05) is 64.4 Å². The van der Waals surface area contributed by atoms with Gasteiger partial charge in [-0.25, -0.2) is 0 Å². The maximum Gasteiger partial charge on any atom is 0.127 e. The van der Waals surface area contributed by atoms with E-state index in [1.807, 2.05) is 0 Å². The molecular formula is C34H36O4P2. The van der Waals surface area contributed by atoms with E-state index in [2.05, 4.69) is 72.8 Å². The third-order valence-electron chi connectivity index (χ3n) is 8.14. The lowest BCUT2D eigenvalue weighted by Crippen LogP contribution is -1.99. The van der Waals surface area contributed by atoms with Crippen molar-refractivity contribution in [3.63, 3.8) is 0 Å². The van der Waals surface area contributed by atoms with Crippen LogP contribution in [0.25, 0.3) is 22.3 Å². The summed E-state index contributed by atoms with van der Waals surface area (Å²) in [7, 11) is 6.61. The minimum absolute atomic E-state index is 0.237. The minimum atomic E-state index is -0.237. The first-order chi connectivity index (χ1) is 19.6. The molecule has 0 amide bonds. The average molecular weight is 571 g/mol. The predicted molar refractivity (Wildman–Crippen MR) is 168 cm³/mol. The van der Waals surface area contributed by atoms with Crippen molar-refractivity contribution in [2.75, 3.05) is 40.8 Å². The van der Waals surface area contributed by atoms with Gasteiger partial charge in [0.15, 0.2) is 0 Å². The molecule has 6 rings (SSSR count). The van der Waals surface area contributed by atoms with Gasteiger partial charge in [0, 0.05) is 22.3 Å². The lowest BCUT2D eigenvalue weighted by molar-refractivity contribution is 0.410. The van der Waals surface area contributed by atoms with Crippen LogP contribution in [0.1, 0.15) is 22.3 Å². The van der Waals surface area contributed by atoms with Crippen LogP contribution in [-0.2, 0) is 24.6 Å². The van der Waals surface area contributed by atoms with Gasteiger partial charge in [0.05, 0.1) is 28.4 Å².